The quantitative estimate of drug-likeness (QED) is 0.652. The van der Waals surface area contributed by atoms with Gasteiger partial charge >= 0.3 is 0 Å². The lowest BCUT2D eigenvalue weighted by Crippen LogP contribution is -2.49. The summed E-state index contributed by atoms with van der Waals surface area (Å²) in [6, 6.07) is 1.72. The van der Waals surface area contributed by atoms with Crippen molar-refractivity contribution >= 4 is 0 Å². The topological polar surface area (TPSA) is 12.0 Å². The van der Waals surface area contributed by atoms with Gasteiger partial charge < -0.3 is 5.32 Å². The van der Waals surface area contributed by atoms with Crippen LogP contribution in [0.15, 0.2) is 12.2 Å². The highest BCUT2D eigenvalue weighted by molar-refractivity contribution is 5.14. The first kappa shape index (κ1) is 8.05. The van der Waals surface area contributed by atoms with E-state index in [0.29, 0.717) is 0 Å². The zero-order valence-electron chi connectivity index (χ0n) is 8.37. The third-order valence-corrected chi connectivity index (χ3v) is 4.24. The lowest BCUT2D eigenvalue weighted by molar-refractivity contribution is 0.160. The summed E-state index contributed by atoms with van der Waals surface area (Å²) < 4.78 is 0. The van der Waals surface area contributed by atoms with Gasteiger partial charge in [-0.1, -0.05) is 25.5 Å². The lowest BCUT2D eigenvalue weighted by Gasteiger charge is -2.41. The normalized spacial score (nSPS) is 51.6. The van der Waals surface area contributed by atoms with Gasteiger partial charge in [-0.15, -0.1) is 0 Å². The van der Waals surface area contributed by atoms with Crippen molar-refractivity contribution in [3.63, 3.8) is 0 Å². The fraction of sp³-hybridized carbons (Fsp3) is 0.833. The van der Waals surface area contributed by atoms with Crippen LogP contribution in [0, 0.1) is 17.8 Å². The summed E-state index contributed by atoms with van der Waals surface area (Å²) in [7, 11) is 0. The van der Waals surface area contributed by atoms with Crippen molar-refractivity contribution in [1.82, 2.24) is 5.32 Å². The number of rotatable bonds is 3. The minimum atomic E-state index is 0.838. The van der Waals surface area contributed by atoms with E-state index in [0.717, 1.165) is 29.8 Å². The second-order valence-electron chi connectivity index (χ2n) is 5.02. The molecule has 0 aliphatic heterocycles. The van der Waals surface area contributed by atoms with Crippen LogP contribution in [-0.4, -0.2) is 12.1 Å². The van der Waals surface area contributed by atoms with Gasteiger partial charge in [-0.2, -0.15) is 0 Å². The van der Waals surface area contributed by atoms with Crippen LogP contribution in [-0.2, 0) is 0 Å². The van der Waals surface area contributed by atoms with Crippen LogP contribution in [0.1, 0.15) is 32.6 Å². The Morgan fingerprint density at radius 1 is 1.31 bits per heavy atom. The minimum absolute atomic E-state index is 0.838. The highest BCUT2D eigenvalue weighted by Gasteiger charge is 2.45. The Balaban J connectivity index is 1.50. The summed E-state index contributed by atoms with van der Waals surface area (Å²) in [5.41, 5.74) is 0. The van der Waals surface area contributed by atoms with Gasteiger partial charge in [0.1, 0.15) is 0 Å². The zero-order valence-corrected chi connectivity index (χ0v) is 8.37. The average molecular weight is 177 g/mol. The molecule has 0 aromatic carbocycles. The molecule has 0 spiro atoms. The van der Waals surface area contributed by atoms with Crippen LogP contribution in [0.3, 0.4) is 0 Å². The van der Waals surface area contributed by atoms with Crippen LogP contribution >= 0.6 is 0 Å². The van der Waals surface area contributed by atoms with Crippen molar-refractivity contribution in [3.8, 4) is 0 Å². The van der Waals surface area contributed by atoms with Crippen molar-refractivity contribution < 1.29 is 0 Å². The highest BCUT2D eigenvalue weighted by atomic mass is 15.0. The monoisotopic (exact) mass is 177 g/mol. The summed E-state index contributed by atoms with van der Waals surface area (Å²) in [5, 5.41) is 3.81. The molecule has 0 aromatic heterocycles. The van der Waals surface area contributed by atoms with Crippen molar-refractivity contribution in [1.29, 1.82) is 0 Å². The molecule has 2 saturated carbocycles. The molecule has 13 heavy (non-hydrogen) atoms. The largest absolute Gasteiger partial charge is 0.310 e. The number of allylic oxidation sites excluding steroid dienone is 1. The molecular formula is C12H19N. The third-order valence-electron chi connectivity index (χ3n) is 4.24. The Morgan fingerprint density at radius 3 is 2.92 bits per heavy atom. The molecule has 1 nitrogen and oxygen atoms in total. The van der Waals surface area contributed by atoms with E-state index in [1.807, 2.05) is 0 Å². The molecular weight excluding hydrogens is 158 g/mol. The first-order valence-electron chi connectivity index (χ1n) is 5.81. The Labute approximate surface area is 80.6 Å². The Kier molecular flexibility index (Phi) is 1.76. The van der Waals surface area contributed by atoms with Crippen LogP contribution in [0.25, 0.3) is 0 Å². The fourth-order valence-electron chi connectivity index (χ4n) is 3.09. The van der Waals surface area contributed by atoms with E-state index in [1.165, 1.54) is 25.7 Å². The second kappa shape index (κ2) is 2.84. The highest BCUT2D eigenvalue weighted by Crippen LogP contribution is 2.45. The Morgan fingerprint density at radius 2 is 2.23 bits per heavy atom. The molecule has 1 heteroatoms. The first-order chi connectivity index (χ1) is 6.38. The van der Waals surface area contributed by atoms with Gasteiger partial charge in [0.2, 0.25) is 0 Å². The molecule has 0 bridgehead atoms. The van der Waals surface area contributed by atoms with Crippen molar-refractivity contribution in [2.24, 2.45) is 17.8 Å². The Bertz CT molecular complexity index is 233. The number of hydrogen-bond acceptors (Lipinski definition) is 1. The molecule has 0 saturated heterocycles. The number of fused-ring (bicyclic) bond motifs is 1. The summed E-state index contributed by atoms with van der Waals surface area (Å²) in [5.74, 6) is 2.92. The van der Waals surface area contributed by atoms with E-state index < -0.39 is 0 Å². The van der Waals surface area contributed by atoms with Gasteiger partial charge in [-0.05, 0) is 37.0 Å². The summed E-state index contributed by atoms with van der Waals surface area (Å²) in [4.78, 5) is 0. The van der Waals surface area contributed by atoms with Gasteiger partial charge in [0.05, 0.1) is 0 Å². The maximum Gasteiger partial charge on any atom is 0.0138 e. The van der Waals surface area contributed by atoms with Gasteiger partial charge in [-0.3, -0.25) is 0 Å². The molecule has 72 valence electrons. The molecule has 3 aliphatic carbocycles. The molecule has 0 heterocycles. The molecule has 3 aliphatic rings. The van der Waals surface area contributed by atoms with Crippen molar-refractivity contribution in [2.75, 3.05) is 0 Å². The van der Waals surface area contributed by atoms with Gasteiger partial charge in [0, 0.05) is 12.1 Å². The van der Waals surface area contributed by atoms with Crippen LogP contribution in [0.4, 0.5) is 0 Å². The average Bonchev–Trinajstić information content (AvgIpc) is 2.78. The molecule has 3 rings (SSSR count). The van der Waals surface area contributed by atoms with Crippen LogP contribution < -0.4 is 5.32 Å². The van der Waals surface area contributed by atoms with Crippen LogP contribution in [0.2, 0.25) is 0 Å². The molecule has 5 unspecified atom stereocenters. The fourth-order valence-corrected chi connectivity index (χ4v) is 3.09. The molecule has 2 fully saturated rings. The second-order valence-corrected chi connectivity index (χ2v) is 5.02. The molecule has 0 amide bonds. The van der Waals surface area contributed by atoms with Crippen LogP contribution in [0.5, 0.6) is 0 Å². The molecule has 0 radical (unpaired) electrons. The van der Waals surface area contributed by atoms with E-state index >= 15 is 0 Å². The van der Waals surface area contributed by atoms with Gasteiger partial charge in [-0.25, -0.2) is 0 Å². The lowest BCUT2D eigenvalue weighted by atomic mass is 9.71. The van der Waals surface area contributed by atoms with Crippen molar-refractivity contribution in [2.45, 2.75) is 44.7 Å². The van der Waals surface area contributed by atoms with E-state index in [9.17, 15) is 0 Å². The van der Waals surface area contributed by atoms with E-state index in [4.69, 9.17) is 0 Å². The number of nitrogens with one attached hydrogen (secondary N) is 1. The summed E-state index contributed by atoms with van der Waals surface area (Å²) in [6.07, 6.45) is 10.4. The molecule has 1 N–H and O–H groups in total. The molecule has 0 aromatic rings. The SMILES string of the molecule is CCC1CC1NC1CC2CC=CC21. The first-order valence-corrected chi connectivity index (χ1v) is 5.81. The molecule has 5 atom stereocenters. The van der Waals surface area contributed by atoms with E-state index in [1.54, 1.807) is 0 Å². The maximum absolute atomic E-state index is 3.81. The van der Waals surface area contributed by atoms with E-state index in [-0.39, 0.29) is 0 Å². The zero-order chi connectivity index (χ0) is 8.84. The maximum atomic E-state index is 3.81. The summed E-state index contributed by atoms with van der Waals surface area (Å²) >= 11 is 0. The summed E-state index contributed by atoms with van der Waals surface area (Å²) in [6.45, 7) is 2.31. The predicted molar refractivity (Wildman–Crippen MR) is 54.5 cm³/mol. The van der Waals surface area contributed by atoms with E-state index in [2.05, 4.69) is 24.4 Å². The smallest absolute Gasteiger partial charge is 0.0138 e. The number of hydrogen-bond donors (Lipinski definition) is 1. The Hall–Kier alpha value is -0.300. The van der Waals surface area contributed by atoms with Gasteiger partial charge in [0.15, 0.2) is 0 Å². The standard InChI is InChI=1S/C12H19N/c1-2-8-6-11(8)13-12-7-9-4-3-5-10(9)12/h3,5,8-13H,2,4,6-7H2,1H3. The van der Waals surface area contributed by atoms with Gasteiger partial charge in [0.25, 0.3) is 0 Å². The third kappa shape index (κ3) is 1.25. The minimum Gasteiger partial charge on any atom is -0.310 e. The predicted octanol–water partition coefficient (Wildman–Crippen LogP) is 2.34. The van der Waals surface area contributed by atoms with Crippen molar-refractivity contribution in [3.05, 3.63) is 12.2 Å².